The Labute approximate surface area is 214 Å². The number of rotatable bonds is 6. The minimum absolute atomic E-state index is 0.0241. The van der Waals surface area contributed by atoms with Crippen LogP contribution in [0.4, 0.5) is 0 Å². The van der Waals surface area contributed by atoms with Crippen LogP contribution in [0.25, 0.3) is 16.9 Å². The molecule has 0 saturated carbocycles. The average molecular weight is 583 g/mol. The van der Waals surface area contributed by atoms with Gasteiger partial charge in [-0.3, -0.25) is 4.79 Å². The second-order valence-electron chi connectivity index (χ2n) is 7.45. The molecule has 0 atom stereocenters. The summed E-state index contributed by atoms with van der Waals surface area (Å²) in [5.41, 5.74) is 7.90. The number of nitrogens with zero attached hydrogens (tertiary/aromatic N) is 2. The molecule has 0 aliphatic rings. The van der Waals surface area contributed by atoms with Gasteiger partial charge in [-0.2, -0.15) is 5.10 Å². The van der Waals surface area contributed by atoms with Crippen molar-refractivity contribution in [3.63, 3.8) is 0 Å². The predicted molar refractivity (Wildman–Crippen MR) is 141 cm³/mol. The Bertz CT molecular complexity index is 1360. The number of hydrogen-bond acceptors (Lipinski definition) is 4. The van der Waals surface area contributed by atoms with E-state index in [0.29, 0.717) is 20.1 Å². The van der Waals surface area contributed by atoms with E-state index in [4.69, 9.17) is 4.74 Å². The molecule has 0 aliphatic heterocycles. The fraction of sp³-hybridized carbons (Fsp3) is 0.0769. The van der Waals surface area contributed by atoms with Crippen LogP contribution < -0.4 is 10.2 Å². The number of carbonyl (C=O) groups is 1. The van der Waals surface area contributed by atoms with E-state index in [0.717, 1.165) is 22.6 Å². The minimum Gasteiger partial charge on any atom is -0.503 e. The van der Waals surface area contributed by atoms with Crippen LogP contribution in [0, 0.1) is 6.92 Å². The van der Waals surface area contributed by atoms with Gasteiger partial charge in [0.05, 0.1) is 23.5 Å². The van der Waals surface area contributed by atoms with Crippen molar-refractivity contribution in [3.8, 4) is 28.4 Å². The van der Waals surface area contributed by atoms with Gasteiger partial charge < -0.3 is 14.4 Å². The number of ether oxygens (including phenoxy) is 1. The number of aryl methyl sites for hydroxylation is 1. The van der Waals surface area contributed by atoms with Crippen LogP contribution in [0.15, 0.2) is 86.8 Å². The van der Waals surface area contributed by atoms with Crippen molar-refractivity contribution in [3.05, 3.63) is 98.6 Å². The molecule has 1 aromatic heterocycles. The number of benzene rings is 3. The number of halogens is 2. The summed E-state index contributed by atoms with van der Waals surface area (Å²) < 4.78 is 8.33. The molecule has 1 heterocycles. The van der Waals surface area contributed by atoms with Gasteiger partial charge in [0.15, 0.2) is 11.5 Å². The third-order valence-corrected chi connectivity index (χ3v) is 7.46. The first-order valence-electron chi connectivity index (χ1n) is 10.3. The molecule has 0 aliphatic carbocycles. The topological polar surface area (TPSA) is 75.8 Å². The lowest BCUT2D eigenvalue weighted by molar-refractivity contribution is 0.0955. The monoisotopic (exact) mass is 581 g/mol. The summed E-state index contributed by atoms with van der Waals surface area (Å²) in [5, 5.41) is 14.1. The molecule has 1 amide bonds. The van der Waals surface area contributed by atoms with Gasteiger partial charge in [-0.05, 0) is 86.8 Å². The van der Waals surface area contributed by atoms with Gasteiger partial charge in [-0.1, -0.05) is 30.3 Å². The summed E-state index contributed by atoms with van der Waals surface area (Å²) in [4.78, 5) is 12.6. The van der Waals surface area contributed by atoms with Crippen LogP contribution in [0.1, 0.15) is 21.6 Å². The molecule has 0 spiro atoms. The van der Waals surface area contributed by atoms with Gasteiger partial charge >= 0.3 is 0 Å². The lowest BCUT2D eigenvalue weighted by atomic mass is 10.1. The summed E-state index contributed by atoms with van der Waals surface area (Å²) in [5.74, 6) is -0.0751. The molecule has 0 unspecified atom stereocenters. The van der Waals surface area contributed by atoms with E-state index >= 15 is 0 Å². The number of amides is 1. The van der Waals surface area contributed by atoms with Crippen LogP contribution in [0.2, 0.25) is 0 Å². The second kappa shape index (κ2) is 10.3. The zero-order chi connectivity index (χ0) is 24.2. The number of hydrogen-bond donors (Lipinski definition) is 2. The van der Waals surface area contributed by atoms with Crippen molar-refractivity contribution in [1.29, 1.82) is 0 Å². The maximum absolute atomic E-state index is 12.6. The standard InChI is InChI=1S/C26H21Br2N3O3/c1-16-8-13-21(17-6-4-3-5-7-17)31(16)20-11-9-18(10-12-20)26(33)30-29-15-19-14-22(34-2)25(32)24(28)23(19)27/h3-15,32H,1-2H3,(H,30,33)/b29-15+. The molecule has 172 valence electrons. The molecule has 4 aromatic rings. The molecule has 6 nitrogen and oxygen atoms in total. The number of hydrazone groups is 1. The zero-order valence-electron chi connectivity index (χ0n) is 18.4. The van der Waals surface area contributed by atoms with Crippen LogP contribution in [-0.2, 0) is 0 Å². The molecule has 3 aromatic carbocycles. The van der Waals surface area contributed by atoms with Gasteiger partial charge in [0.2, 0.25) is 0 Å². The van der Waals surface area contributed by atoms with Crippen molar-refractivity contribution in [2.24, 2.45) is 5.10 Å². The lowest BCUT2D eigenvalue weighted by Gasteiger charge is -2.13. The number of methoxy groups -OCH3 is 1. The van der Waals surface area contributed by atoms with E-state index in [9.17, 15) is 9.90 Å². The smallest absolute Gasteiger partial charge is 0.271 e. The highest BCUT2D eigenvalue weighted by atomic mass is 79.9. The number of nitrogens with one attached hydrogen (secondary N) is 1. The van der Waals surface area contributed by atoms with Crippen molar-refractivity contribution in [1.82, 2.24) is 9.99 Å². The highest BCUT2D eigenvalue weighted by Gasteiger charge is 2.14. The number of phenolic OH excluding ortho intramolecular Hbond substituents is 1. The van der Waals surface area contributed by atoms with E-state index in [1.807, 2.05) is 30.3 Å². The Morgan fingerprint density at radius 3 is 2.41 bits per heavy atom. The van der Waals surface area contributed by atoms with Crippen LogP contribution in [0.3, 0.4) is 0 Å². The van der Waals surface area contributed by atoms with Crippen LogP contribution >= 0.6 is 31.9 Å². The second-order valence-corrected chi connectivity index (χ2v) is 9.04. The average Bonchev–Trinajstić information content (AvgIpc) is 3.25. The maximum atomic E-state index is 12.6. The highest BCUT2D eigenvalue weighted by molar-refractivity contribution is 9.13. The van der Waals surface area contributed by atoms with Crippen LogP contribution in [0.5, 0.6) is 11.5 Å². The molecule has 0 saturated heterocycles. The van der Waals surface area contributed by atoms with Gasteiger partial charge in [0.1, 0.15) is 0 Å². The first-order valence-corrected chi connectivity index (χ1v) is 11.9. The molecule has 8 heteroatoms. The molecule has 4 rings (SSSR count). The van der Waals surface area contributed by atoms with E-state index in [1.165, 1.54) is 13.3 Å². The van der Waals surface area contributed by atoms with Gasteiger partial charge in [0.25, 0.3) is 5.91 Å². The van der Waals surface area contributed by atoms with Crippen molar-refractivity contribution >= 4 is 44.0 Å². The summed E-state index contributed by atoms with van der Waals surface area (Å²) >= 11 is 6.69. The molecular formula is C26H21Br2N3O3. The van der Waals surface area contributed by atoms with Crippen molar-refractivity contribution in [2.75, 3.05) is 7.11 Å². The maximum Gasteiger partial charge on any atom is 0.271 e. The minimum atomic E-state index is -0.337. The summed E-state index contributed by atoms with van der Waals surface area (Å²) in [7, 11) is 1.46. The summed E-state index contributed by atoms with van der Waals surface area (Å²) in [6, 6.07) is 23.3. The van der Waals surface area contributed by atoms with E-state index < -0.39 is 0 Å². The third kappa shape index (κ3) is 4.78. The Balaban J connectivity index is 1.51. The Kier molecular flexibility index (Phi) is 7.19. The SMILES string of the molecule is COc1cc(/C=N/NC(=O)c2ccc(-n3c(C)ccc3-c3ccccc3)cc2)c(Br)c(Br)c1O. The summed E-state index contributed by atoms with van der Waals surface area (Å²) in [6.07, 6.45) is 1.47. The van der Waals surface area contributed by atoms with Crippen molar-refractivity contribution < 1.29 is 14.6 Å². The Morgan fingerprint density at radius 2 is 1.74 bits per heavy atom. The Hall–Kier alpha value is -3.36. The van der Waals surface area contributed by atoms with Gasteiger partial charge in [0, 0.05) is 27.0 Å². The number of phenols is 1. The first kappa shape index (κ1) is 23.8. The molecule has 34 heavy (non-hydrogen) atoms. The largest absolute Gasteiger partial charge is 0.503 e. The number of aromatic hydroxyl groups is 1. The normalized spacial score (nSPS) is 11.1. The van der Waals surface area contributed by atoms with Crippen LogP contribution in [-0.4, -0.2) is 28.9 Å². The third-order valence-electron chi connectivity index (χ3n) is 5.30. The van der Waals surface area contributed by atoms with E-state index in [2.05, 4.69) is 78.1 Å². The number of aromatic nitrogens is 1. The number of carbonyl (C=O) groups excluding carboxylic acids is 1. The van der Waals surface area contributed by atoms with E-state index in [-0.39, 0.29) is 17.4 Å². The lowest BCUT2D eigenvalue weighted by Crippen LogP contribution is -2.17. The van der Waals surface area contributed by atoms with Gasteiger partial charge in [-0.15, -0.1) is 0 Å². The molecular weight excluding hydrogens is 562 g/mol. The van der Waals surface area contributed by atoms with Gasteiger partial charge in [-0.25, -0.2) is 5.43 Å². The first-order chi connectivity index (χ1) is 16.4. The highest BCUT2D eigenvalue weighted by Crippen LogP contribution is 2.41. The van der Waals surface area contributed by atoms with Crippen molar-refractivity contribution in [2.45, 2.75) is 6.92 Å². The summed E-state index contributed by atoms with van der Waals surface area (Å²) in [6.45, 7) is 2.05. The quantitative estimate of drug-likeness (QED) is 0.202. The zero-order valence-corrected chi connectivity index (χ0v) is 21.6. The fourth-order valence-corrected chi connectivity index (χ4v) is 4.39. The molecule has 0 bridgehead atoms. The Morgan fingerprint density at radius 1 is 1.03 bits per heavy atom. The molecule has 2 N–H and O–H groups in total. The molecule has 0 fully saturated rings. The fourth-order valence-electron chi connectivity index (χ4n) is 3.56. The molecule has 0 radical (unpaired) electrons. The predicted octanol–water partition coefficient (Wildman–Crippen LogP) is 6.46. The van der Waals surface area contributed by atoms with E-state index in [1.54, 1.807) is 18.2 Å².